The minimum atomic E-state index is -4.41. The number of halogens is 3. The molecule has 1 fully saturated rings. The van der Waals surface area contributed by atoms with Crippen LogP contribution in [0.1, 0.15) is 17.5 Å². The van der Waals surface area contributed by atoms with Gasteiger partial charge in [0.2, 0.25) is 5.13 Å². The molecule has 2 aromatic carbocycles. The fourth-order valence-corrected chi connectivity index (χ4v) is 7.12. The molecule has 0 radical (unpaired) electrons. The highest BCUT2D eigenvalue weighted by atomic mass is 32.2. The maximum absolute atomic E-state index is 13.1. The van der Waals surface area contributed by atoms with Gasteiger partial charge < -0.3 is 20.1 Å². The molecule has 3 N–H and O–H groups in total. The number of fused-ring (bicyclic) bond motifs is 1. The van der Waals surface area contributed by atoms with E-state index in [2.05, 4.69) is 40.1 Å². The van der Waals surface area contributed by atoms with Gasteiger partial charge in [-0.25, -0.2) is 18.4 Å². The van der Waals surface area contributed by atoms with Gasteiger partial charge in [-0.05, 0) is 60.6 Å². The van der Waals surface area contributed by atoms with E-state index in [4.69, 9.17) is 12.2 Å². The zero-order chi connectivity index (χ0) is 31.8. The Morgan fingerprint density at radius 3 is 2.38 bits per heavy atom. The Morgan fingerprint density at radius 1 is 1.02 bits per heavy atom. The predicted molar refractivity (Wildman–Crippen MR) is 171 cm³/mol. The number of aromatic nitrogens is 5. The fraction of sp³-hybridized carbons (Fsp3) is 0.250. The van der Waals surface area contributed by atoms with E-state index in [0.717, 1.165) is 22.5 Å². The predicted octanol–water partition coefficient (Wildman–Crippen LogP) is 5.38. The molecular formula is C28H26F3N9O2S3. The Morgan fingerprint density at radius 2 is 1.73 bits per heavy atom. The summed E-state index contributed by atoms with van der Waals surface area (Å²) in [5, 5.41) is 13.1. The van der Waals surface area contributed by atoms with Crippen LogP contribution in [0.15, 0.2) is 66.0 Å². The number of hydrogen-bond acceptors (Lipinski definition) is 9. The quantitative estimate of drug-likeness (QED) is 0.194. The van der Waals surface area contributed by atoms with Crippen LogP contribution in [0.3, 0.4) is 0 Å². The van der Waals surface area contributed by atoms with Crippen LogP contribution in [0.5, 0.6) is 0 Å². The van der Waals surface area contributed by atoms with Crippen LogP contribution in [0.2, 0.25) is 0 Å². The van der Waals surface area contributed by atoms with Gasteiger partial charge in [-0.1, -0.05) is 30.4 Å². The summed E-state index contributed by atoms with van der Waals surface area (Å²) in [5.41, 5.74) is 1.84. The van der Waals surface area contributed by atoms with Gasteiger partial charge in [-0.15, -0.1) is 10.2 Å². The van der Waals surface area contributed by atoms with Gasteiger partial charge in [-0.3, -0.25) is 4.72 Å². The summed E-state index contributed by atoms with van der Waals surface area (Å²) in [6.45, 7) is 4.24. The number of nitrogens with one attached hydrogen (secondary N) is 3. The highest BCUT2D eigenvalue weighted by molar-refractivity contribution is 7.93. The van der Waals surface area contributed by atoms with Crippen molar-refractivity contribution in [2.24, 2.45) is 0 Å². The lowest BCUT2D eigenvalue weighted by Gasteiger charge is -2.37. The van der Waals surface area contributed by atoms with Crippen molar-refractivity contribution in [3.63, 3.8) is 0 Å². The van der Waals surface area contributed by atoms with Crippen molar-refractivity contribution in [2.45, 2.75) is 24.4 Å². The third-order valence-electron chi connectivity index (χ3n) is 7.25. The molecule has 3 aromatic heterocycles. The van der Waals surface area contributed by atoms with Crippen LogP contribution in [-0.4, -0.2) is 69.8 Å². The average Bonchev–Trinajstić information content (AvgIpc) is 3.68. The molecule has 0 bridgehead atoms. The Kier molecular flexibility index (Phi) is 8.32. The number of aryl methyl sites for hydroxylation is 1. The largest absolute Gasteiger partial charge is 0.416 e. The summed E-state index contributed by atoms with van der Waals surface area (Å²) in [5.74, 6) is 0.680. The molecule has 0 spiro atoms. The van der Waals surface area contributed by atoms with E-state index >= 15 is 0 Å². The molecule has 0 unspecified atom stereocenters. The first-order valence-electron chi connectivity index (χ1n) is 13.8. The van der Waals surface area contributed by atoms with Gasteiger partial charge in [0.05, 0.1) is 15.8 Å². The van der Waals surface area contributed by atoms with E-state index in [1.807, 2.05) is 11.8 Å². The van der Waals surface area contributed by atoms with Crippen molar-refractivity contribution in [3.8, 4) is 11.1 Å². The lowest BCUT2D eigenvalue weighted by molar-refractivity contribution is -0.137. The van der Waals surface area contributed by atoms with Crippen LogP contribution >= 0.6 is 23.6 Å². The minimum absolute atomic E-state index is 0.0809. The number of H-pyrrole nitrogens is 1. The van der Waals surface area contributed by atoms with Gasteiger partial charge in [0.25, 0.3) is 10.0 Å². The summed E-state index contributed by atoms with van der Waals surface area (Å²) in [7, 11) is -3.82. The molecule has 0 saturated carbocycles. The van der Waals surface area contributed by atoms with E-state index in [0.29, 0.717) is 66.0 Å². The molecule has 0 atom stereocenters. The van der Waals surface area contributed by atoms with Crippen LogP contribution in [0.4, 0.5) is 29.8 Å². The van der Waals surface area contributed by atoms with Crippen molar-refractivity contribution in [3.05, 3.63) is 71.6 Å². The molecule has 4 heterocycles. The number of sulfonamides is 1. The third kappa shape index (κ3) is 6.55. The second-order valence-corrected chi connectivity index (χ2v) is 13.2. The molecule has 6 rings (SSSR count). The maximum Gasteiger partial charge on any atom is 0.416 e. The summed E-state index contributed by atoms with van der Waals surface area (Å²) in [4.78, 5) is 16.1. The van der Waals surface area contributed by atoms with Crippen LogP contribution in [0, 0.1) is 0 Å². The maximum atomic E-state index is 13.1. The number of benzene rings is 2. The number of aromatic amines is 1. The molecule has 45 heavy (non-hydrogen) atoms. The molecule has 1 aliphatic heterocycles. The molecule has 0 amide bonds. The molecular weight excluding hydrogens is 648 g/mol. The van der Waals surface area contributed by atoms with Gasteiger partial charge in [0.15, 0.2) is 5.11 Å². The number of rotatable bonds is 7. The normalized spacial score (nSPS) is 14.1. The summed E-state index contributed by atoms with van der Waals surface area (Å²) < 4.78 is 67.2. The van der Waals surface area contributed by atoms with Gasteiger partial charge in [0.1, 0.15) is 22.8 Å². The van der Waals surface area contributed by atoms with Gasteiger partial charge in [-0.2, -0.15) is 13.2 Å². The molecule has 5 aromatic rings. The van der Waals surface area contributed by atoms with Crippen LogP contribution < -0.4 is 14.9 Å². The Balaban J connectivity index is 1.10. The van der Waals surface area contributed by atoms with Crippen molar-refractivity contribution < 1.29 is 21.6 Å². The average molecular weight is 674 g/mol. The van der Waals surface area contributed by atoms with E-state index in [1.54, 1.807) is 18.3 Å². The Hall–Kier alpha value is -4.35. The van der Waals surface area contributed by atoms with E-state index in [9.17, 15) is 21.6 Å². The first-order chi connectivity index (χ1) is 21.5. The molecule has 0 aliphatic carbocycles. The second-order valence-electron chi connectivity index (χ2n) is 10.1. The summed E-state index contributed by atoms with van der Waals surface area (Å²) in [6.07, 6.45) is -0.563. The Bertz CT molecular complexity index is 1940. The zero-order valence-corrected chi connectivity index (χ0v) is 26.1. The highest BCUT2D eigenvalue weighted by Gasteiger charge is 2.30. The molecule has 1 saturated heterocycles. The molecule has 234 valence electrons. The minimum Gasteiger partial charge on any atom is -0.352 e. The lowest BCUT2D eigenvalue weighted by atomic mass is 10.0. The standard InChI is InChI=1S/C28H26F3N9O2S3/c1-2-22-36-37-26(44-22)38-45(41,42)20-9-7-19(8-10-20)35-27(43)40-13-11-39(12-14-40)25-23-21(15-32-24(23)33-16-34-25)17-3-5-18(6-4-17)28(29,30)31/h3-10,15-16H,2,11-14H2,1H3,(H,35,43)(H,37,38)(H,32,33,34). The number of thiocarbonyl (C=S) groups is 1. The Labute approximate surface area is 265 Å². The van der Waals surface area contributed by atoms with E-state index in [-0.39, 0.29) is 10.0 Å². The molecule has 11 nitrogen and oxygen atoms in total. The first-order valence-corrected chi connectivity index (χ1v) is 16.5. The number of hydrogen-bond donors (Lipinski definition) is 3. The van der Waals surface area contributed by atoms with E-state index < -0.39 is 21.8 Å². The summed E-state index contributed by atoms with van der Waals surface area (Å²) >= 11 is 6.83. The second kappa shape index (κ2) is 12.2. The number of alkyl halides is 3. The lowest BCUT2D eigenvalue weighted by Crippen LogP contribution is -2.50. The number of nitrogens with zero attached hydrogens (tertiary/aromatic N) is 6. The van der Waals surface area contributed by atoms with Crippen LogP contribution in [-0.2, 0) is 22.6 Å². The zero-order valence-electron chi connectivity index (χ0n) is 23.7. The molecule has 1 aliphatic rings. The van der Waals surface area contributed by atoms with E-state index in [1.165, 1.54) is 41.9 Å². The van der Waals surface area contributed by atoms with Gasteiger partial charge >= 0.3 is 6.18 Å². The molecule has 17 heteroatoms. The third-order valence-corrected chi connectivity index (χ3v) is 10.1. The van der Waals surface area contributed by atoms with Gasteiger partial charge in [0, 0.05) is 43.6 Å². The van der Waals surface area contributed by atoms with Crippen molar-refractivity contribution >= 4 is 66.4 Å². The summed E-state index contributed by atoms with van der Waals surface area (Å²) in [6, 6.07) is 11.3. The number of anilines is 3. The number of piperazine rings is 1. The first kappa shape index (κ1) is 30.7. The van der Waals surface area contributed by atoms with Crippen LogP contribution in [0.25, 0.3) is 22.2 Å². The van der Waals surface area contributed by atoms with Crippen molar-refractivity contribution in [1.82, 2.24) is 30.0 Å². The SMILES string of the molecule is CCc1nnc(NS(=O)(=O)c2ccc(NC(=S)N3CCN(c4ncnc5[nH]cc(-c6ccc(C(F)(F)F)cc6)c45)CC3)cc2)s1. The van der Waals surface area contributed by atoms with Crippen molar-refractivity contribution in [1.29, 1.82) is 0 Å². The monoisotopic (exact) mass is 673 g/mol. The fourth-order valence-electron chi connectivity index (χ4n) is 4.91. The highest BCUT2D eigenvalue weighted by Crippen LogP contribution is 2.36. The smallest absolute Gasteiger partial charge is 0.352 e. The van der Waals surface area contributed by atoms with Crippen molar-refractivity contribution in [2.75, 3.05) is 41.1 Å². The topological polar surface area (TPSA) is 132 Å².